The molecule has 8 heteroatoms. The Hall–Kier alpha value is -2.68. The lowest BCUT2D eigenvalue weighted by Gasteiger charge is -2.26. The number of carbonyl (C=O) groups excluding carboxylic acids is 1. The van der Waals surface area contributed by atoms with Gasteiger partial charge in [-0.25, -0.2) is 14.7 Å². The zero-order valence-corrected chi connectivity index (χ0v) is 16.2. The Morgan fingerprint density at radius 3 is 2.83 bits per heavy atom. The Bertz CT molecular complexity index is 1150. The summed E-state index contributed by atoms with van der Waals surface area (Å²) in [5.74, 6) is -0.754. The van der Waals surface area contributed by atoms with Crippen LogP contribution in [0.15, 0.2) is 36.4 Å². The third kappa shape index (κ3) is 2.71. The van der Waals surface area contributed by atoms with Crippen LogP contribution in [-0.4, -0.2) is 30.4 Å². The molecule has 1 fully saturated rings. The molecule has 2 unspecified atom stereocenters. The van der Waals surface area contributed by atoms with Crippen LogP contribution in [0.25, 0.3) is 22.2 Å². The summed E-state index contributed by atoms with van der Waals surface area (Å²) in [7, 11) is 1.45. The molecule has 1 amide bonds. The highest BCUT2D eigenvalue weighted by Gasteiger charge is 2.38. The Morgan fingerprint density at radius 1 is 1.28 bits per heavy atom. The average Bonchev–Trinajstić information content (AvgIpc) is 3.28. The van der Waals surface area contributed by atoms with E-state index in [1.54, 1.807) is 18.2 Å². The van der Waals surface area contributed by atoms with Crippen LogP contribution in [-0.2, 0) is 16.1 Å². The smallest absolute Gasteiger partial charge is 0.275 e. The standard InChI is InChI=1S/C21H21BFN3O3/c1-20(8-3-9-24-20)13-7-6-11(10-14(13)23)18-17-16-12(4-2-5-15(16)25-18)19(27)26-29-21(17,22)28/h2,4-7,10,24-25,28H,3,8-9,22H2,1H3,(H,26,27). The predicted octanol–water partition coefficient (Wildman–Crippen LogP) is 1.98. The van der Waals surface area contributed by atoms with E-state index < -0.39 is 11.6 Å². The first-order valence-corrected chi connectivity index (χ1v) is 9.71. The van der Waals surface area contributed by atoms with Crippen molar-refractivity contribution in [2.45, 2.75) is 31.0 Å². The van der Waals surface area contributed by atoms with Gasteiger partial charge in [0.2, 0.25) is 0 Å². The van der Waals surface area contributed by atoms with Gasteiger partial charge in [0.05, 0.1) is 11.3 Å². The van der Waals surface area contributed by atoms with Crippen LogP contribution in [0, 0.1) is 5.82 Å². The van der Waals surface area contributed by atoms with Crippen LogP contribution in [0.5, 0.6) is 0 Å². The van der Waals surface area contributed by atoms with Gasteiger partial charge >= 0.3 is 0 Å². The monoisotopic (exact) mass is 393 g/mol. The first-order valence-electron chi connectivity index (χ1n) is 9.71. The molecule has 2 aliphatic rings. The van der Waals surface area contributed by atoms with E-state index in [0.29, 0.717) is 38.9 Å². The van der Waals surface area contributed by atoms with Crippen molar-refractivity contribution >= 4 is 24.7 Å². The fourth-order valence-corrected chi connectivity index (χ4v) is 4.61. The highest BCUT2D eigenvalue weighted by molar-refractivity contribution is 6.19. The van der Waals surface area contributed by atoms with Gasteiger partial charge in [-0.3, -0.25) is 4.79 Å². The highest BCUT2D eigenvalue weighted by Crippen LogP contribution is 2.41. The van der Waals surface area contributed by atoms with Gasteiger partial charge in [0.15, 0.2) is 13.5 Å². The molecule has 0 aliphatic carbocycles. The summed E-state index contributed by atoms with van der Waals surface area (Å²) in [5.41, 5.74) is 3.29. The van der Waals surface area contributed by atoms with E-state index in [1.165, 1.54) is 13.9 Å². The van der Waals surface area contributed by atoms with Crippen molar-refractivity contribution in [3.05, 3.63) is 58.9 Å². The maximum absolute atomic E-state index is 15.1. The average molecular weight is 393 g/mol. The molecule has 4 N–H and O–H groups in total. The molecular formula is C21H21BFN3O3. The van der Waals surface area contributed by atoms with Crippen LogP contribution >= 0.6 is 0 Å². The van der Waals surface area contributed by atoms with E-state index in [0.717, 1.165) is 19.4 Å². The number of aromatic nitrogens is 1. The number of aliphatic hydroxyl groups is 1. The Morgan fingerprint density at radius 2 is 2.10 bits per heavy atom. The zero-order valence-electron chi connectivity index (χ0n) is 16.2. The van der Waals surface area contributed by atoms with E-state index >= 15 is 4.39 Å². The molecule has 3 aromatic rings. The number of H-pyrrole nitrogens is 1. The fraction of sp³-hybridized carbons (Fsp3) is 0.286. The summed E-state index contributed by atoms with van der Waals surface area (Å²) in [6, 6.07) is 10.3. The second kappa shape index (κ2) is 6.16. The first-order chi connectivity index (χ1) is 13.8. The zero-order chi connectivity index (χ0) is 20.4. The molecule has 5 rings (SSSR count). The lowest BCUT2D eigenvalue weighted by Crippen LogP contribution is -2.36. The number of aromatic amines is 1. The minimum Gasteiger partial charge on any atom is -0.368 e. The van der Waals surface area contributed by atoms with Gasteiger partial charge in [-0.05, 0) is 44.5 Å². The fourth-order valence-electron chi connectivity index (χ4n) is 4.61. The third-order valence-electron chi connectivity index (χ3n) is 6.10. The summed E-state index contributed by atoms with van der Waals surface area (Å²) in [4.78, 5) is 20.9. The van der Waals surface area contributed by atoms with Crippen molar-refractivity contribution in [1.29, 1.82) is 0 Å². The summed E-state index contributed by atoms with van der Waals surface area (Å²) in [6.07, 6.45) is 1.88. The molecule has 2 aliphatic heterocycles. The number of hydrogen-bond acceptors (Lipinski definition) is 4. The number of amides is 1. The number of carbonyl (C=O) groups is 1. The van der Waals surface area contributed by atoms with E-state index in [9.17, 15) is 9.90 Å². The van der Waals surface area contributed by atoms with E-state index in [1.807, 2.05) is 19.1 Å². The largest absolute Gasteiger partial charge is 0.368 e. The van der Waals surface area contributed by atoms with Gasteiger partial charge in [0.1, 0.15) is 5.82 Å². The van der Waals surface area contributed by atoms with Gasteiger partial charge in [0.25, 0.3) is 5.91 Å². The van der Waals surface area contributed by atoms with Crippen molar-refractivity contribution in [2.75, 3.05) is 6.54 Å². The van der Waals surface area contributed by atoms with Crippen LogP contribution in [0.3, 0.4) is 0 Å². The highest BCUT2D eigenvalue weighted by atomic mass is 19.1. The van der Waals surface area contributed by atoms with E-state index in [2.05, 4.69) is 15.8 Å². The van der Waals surface area contributed by atoms with Gasteiger partial charge in [-0.15, -0.1) is 0 Å². The Balaban J connectivity index is 1.72. The SMILES string of the molecule is BC1(O)ONC(=O)c2cccc3[nH]c(-c4ccc(C5(C)CCCN5)c(F)c4)c1c23. The maximum Gasteiger partial charge on any atom is 0.275 e. The number of benzene rings is 2. The molecule has 1 saturated heterocycles. The lowest BCUT2D eigenvalue weighted by atomic mass is 9.83. The minimum absolute atomic E-state index is 0.311. The molecule has 0 spiro atoms. The van der Waals surface area contributed by atoms with Crippen molar-refractivity contribution in [1.82, 2.24) is 15.8 Å². The molecule has 0 radical (unpaired) electrons. The summed E-state index contributed by atoms with van der Waals surface area (Å²) in [5, 5.41) is 14.9. The van der Waals surface area contributed by atoms with Crippen LogP contribution in [0.2, 0.25) is 0 Å². The normalized spacial score (nSPS) is 26.5. The predicted molar refractivity (Wildman–Crippen MR) is 109 cm³/mol. The molecule has 0 saturated carbocycles. The molecule has 148 valence electrons. The van der Waals surface area contributed by atoms with Gasteiger partial charge in [-0.1, -0.05) is 18.2 Å². The quantitative estimate of drug-likeness (QED) is 0.502. The van der Waals surface area contributed by atoms with Crippen LogP contribution < -0.4 is 10.8 Å². The van der Waals surface area contributed by atoms with Gasteiger partial charge < -0.3 is 15.4 Å². The summed E-state index contributed by atoms with van der Waals surface area (Å²) < 4.78 is 15.1. The van der Waals surface area contributed by atoms with Crippen molar-refractivity contribution in [3.8, 4) is 11.3 Å². The van der Waals surface area contributed by atoms with E-state index in [-0.39, 0.29) is 11.4 Å². The molecule has 2 atom stereocenters. The molecular weight excluding hydrogens is 372 g/mol. The molecule has 1 aromatic heterocycles. The van der Waals surface area contributed by atoms with Crippen LogP contribution in [0.4, 0.5) is 4.39 Å². The number of hydroxylamine groups is 1. The lowest BCUT2D eigenvalue weighted by molar-refractivity contribution is -0.174. The van der Waals surface area contributed by atoms with Crippen LogP contribution in [0.1, 0.15) is 41.3 Å². The molecule has 2 aromatic carbocycles. The number of halogens is 1. The number of rotatable bonds is 2. The van der Waals surface area contributed by atoms with Crippen molar-refractivity contribution in [2.24, 2.45) is 0 Å². The van der Waals surface area contributed by atoms with E-state index in [4.69, 9.17) is 4.84 Å². The molecule has 6 nitrogen and oxygen atoms in total. The maximum atomic E-state index is 15.1. The molecule has 3 heterocycles. The second-order valence-corrected chi connectivity index (χ2v) is 8.18. The minimum atomic E-state index is -1.79. The topological polar surface area (TPSA) is 86.4 Å². The van der Waals surface area contributed by atoms with Crippen molar-refractivity contribution < 1.29 is 19.1 Å². The molecule has 29 heavy (non-hydrogen) atoms. The Labute approximate surface area is 167 Å². The first kappa shape index (κ1) is 18.4. The summed E-state index contributed by atoms with van der Waals surface area (Å²) in [6.45, 7) is 2.88. The molecule has 0 bridgehead atoms. The van der Waals surface area contributed by atoms with Gasteiger partial charge in [-0.2, -0.15) is 0 Å². The Kier molecular flexibility index (Phi) is 3.90. The van der Waals surface area contributed by atoms with Gasteiger partial charge in [0, 0.05) is 33.1 Å². The van der Waals surface area contributed by atoms with Crippen molar-refractivity contribution in [3.63, 3.8) is 0 Å². The number of hydrogen-bond donors (Lipinski definition) is 4. The number of nitrogens with one attached hydrogen (secondary N) is 3. The summed E-state index contributed by atoms with van der Waals surface area (Å²) >= 11 is 0. The second-order valence-electron chi connectivity index (χ2n) is 8.18. The third-order valence-corrected chi connectivity index (χ3v) is 6.10.